The summed E-state index contributed by atoms with van der Waals surface area (Å²) >= 11 is 0. The van der Waals surface area contributed by atoms with E-state index in [9.17, 15) is 5.26 Å². The summed E-state index contributed by atoms with van der Waals surface area (Å²) in [5.74, 6) is 1.31. The Kier molecular flexibility index (Phi) is 15.5. The SMILES string of the molecule is COCCOCCOCCOCCOc1nn(C2CCC(N3CCOCC3)CC2)cc1Nc1ncc(-c2ccc(C#N)c(O[C@@H](C)Cn3cnnn3)c2)cn1. The largest absolute Gasteiger partial charge is 0.487 e. The van der Waals surface area contributed by atoms with Gasteiger partial charge in [0.05, 0.1) is 83.8 Å². The van der Waals surface area contributed by atoms with Gasteiger partial charge < -0.3 is 38.5 Å². The molecule has 1 aromatic carbocycles. The predicted molar refractivity (Wildman–Crippen MR) is 199 cm³/mol. The summed E-state index contributed by atoms with van der Waals surface area (Å²) in [4.78, 5) is 11.8. The molecule has 0 spiro atoms. The lowest BCUT2D eigenvalue weighted by Gasteiger charge is -2.38. The van der Waals surface area contributed by atoms with Crippen LogP contribution < -0.4 is 14.8 Å². The number of benzene rings is 1. The molecule has 1 saturated carbocycles. The molecule has 1 aliphatic heterocycles. The molecule has 55 heavy (non-hydrogen) atoms. The first kappa shape index (κ1) is 39.9. The molecule has 0 bridgehead atoms. The van der Waals surface area contributed by atoms with E-state index < -0.39 is 0 Å². The van der Waals surface area contributed by atoms with Crippen molar-refractivity contribution in [3.8, 4) is 28.8 Å². The molecule has 1 N–H and O–H groups in total. The molecule has 3 aromatic heterocycles. The number of nitrogens with zero attached hydrogens (tertiary/aromatic N) is 10. The Morgan fingerprint density at radius 2 is 1.60 bits per heavy atom. The molecular formula is C37H51N11O7. The van der Waals surface area contributed by atoms with Gasteiger partial charge in [0.2, 0.25) is 5.95 Å². The summed E-state index contributed by atoms with van der Waals surface area (Å²) in [6, 6.07) is 8.43. The van der Waals surface area contributed by atoms with Crippen LogP contribution in [-0.2, 0) is 30.2 Å². The number of nitrogens with one attached hydrogen (secondary N) is 1. The minimum atomic E-state index is -0.284. The van der Waals surface area contributed by atoms with E-state index >= 15 is 0 Å². The third kappa shape index (κ3) is 12.1. The Morgan fingerprint density at radius 3 is 2.27 bits per heavy atom. The third-order valence-corrected chi connectivity index (χ3v) is 9.44. The Morgan fingerprint density at radius 1 is 0.909 bits per heavy atom. The van der Waals surface area contributed by atoms with Crippen LogP contribution in [0.1, 0.15) is 44.2 Å². The Hall–Kier alpha value is -4.77. The molecule has 1 saturated heterocycles. The van der Waals surface area contributed by atoms with Crippen molar-refractivity contribution >= 4 is 11.6 Å². The number of ether oxygens (including phenoxy) is 7. The maximum atomic E-state index is 9.71. The number of morpholine rings is 1. The van der Waals surface area contributed by atoms with E-state index in [1.807, 2.05) is 29.9 Å². The van der Waals surface area contributed by atoms with E-state index in [1.54, 1.807) is 30.3 Å². The van der Waals surface area contributed by atoms with Crippen LogP contribution in [0, 0.1) is 11.3 Å². The number of hydrogen-bond donors (Lipinski definition) is 1. The fourth-order valence-electron chi connectivity index (χ4n) is 6.60. The zero-order chi connectivity index (χ0) is 38.1. The number of methoxy groups -OCH3 is 1. The summed E-state index contributed by atoms with van der Waals surface area (Å²) in [5.41, 5.74) is 2.66. The van der Waals surface area contributed by atoms with Crippen molar-refractivity contribution in [2.45, 2.75) is 57.3 Å². The fraction of sp³-hybridized carbons (Fsp3) is 0.595. The van der Waals surface area contributed by atoms with Gasteiger partial charge in [-0.05, 0) is 60.7 Å². The van der Waals surface area contributed by atoms with E-state index in [0.717, 1.165) is 63.1 Å². The van der Waals surface area contributed by atoms with Crippen LogP contribution >= 0.6 is 0 Å². The second-order valence-electron chi connectivity index (χ2n) is 13.3. The normalized spacial score (nSPS) is 18.1. The average Bonchev–Trinajstić information content (AvgIpc) is 3.89. The molecular weight excluding hydrogens is 710 g/mol. The standard InChI is InChI=1S/C37H51N11O7/c1-28(25-47-27-41-44-45-47)55-35-21-29(3-4-30(35)22-38)31-23-39-37(40-24-31)42-34-26-48(33-7-5-32(6-8-33)46-9-11-50-12-10-46)43-36(34)54-20-19-53-18-17-52-16-15-51-14-13-49-2/h3-4,21,23-24,26-28,32-33H,5-20,25H2,1-2H3,(H,39,40,42)/t28-,32?,33?/m0/s1. The van der Waals surface area contributed by atoms with Crippen molar-refractivity contribution in [1.82, 2.24) is 44.9 Å². The highest BCUT2D eigenvalue weighted by Gasteiger charge is 2.29. The second kappa shape index (κ2) is 21.4. The summed E-state index contributed by atoms with van der Waals surface area (Å²) in [6.07, 6.45) is 11.0. The molecule has 6 rings (SSSR count). The van der Waals surface area contributed by atoms with E-state index in [1.165, 1.54) is 6.33 Å². The number of hydrogen-bond acceptors (Lipinski definition) is 16. The van der Waals surface area contributed by atoms with Crippen molar-refractivity contribution in [2.75, 3.05) is 91.6 Å². The Bertz CT molecular complexity index is 1740. The van der Waals surface area contributed by atoms with E-state index in [2.05, 4.69) is 41.8 Å². The molecule has 1 atom stereocenters. The van der Waals surface area contributed by atoms with Crippen molar-refractivity contribution in [3.05, 3.63) is 48.7 Å². The van der Waals surface area contributed by atoms with Gasteiger partial charge in [0, 0.05) is 44.2 Å². The van der Waals surface area contributed by atoms with Gasteiger partial charge in [-0.25, -0.2) is 14.6 Å². The van der Waals surface area contributed by atoms with E-state index in [-0.39, 0.29) is 12.1 Å². The highest BCUT2D eigenvalue weighted by atomic mass is 16.6. The molecule has 18 heteroatoms. The molecule has 2 fully saturated rings. The lowest BCUT2D eigenvalue weighted by atomic mass is 9.90. The van der Waals surface area contributed by atoms with Crippen LogP contribution in [0.5, 0.6) is 11.6 Å². The maximum Gasteiger partial charge on any atom is 0.257 e. The number of anilines is 2. The van der Waals surface area contributed by atoms with Crippen LogP contribution in [0.15, 0.2) is 43.1 Å². The molecule has 296 valence electrons. The monoisotopic (exact) mass is 761 g/mol. The summed E-state index contributed by atoms with van der Waals surface area (Å²) < 4.78 is 43.1. The number of aromatic nitrogens is 8. The molecule has 0 unspecified atom stereocenters. The molecule has 1 aliphatic carbocycles. The predicted octanol–water partition coefficient (Wildman–Crippen LogP) is 3.30. The van der Waals surface area contributed by atoms with Crippen LogP contribution in [0.4, 0.5) is 11.6 Å². The zero-order valence-corrected chi connectivity index (χ0v) is 31.6. The van der Waals surface area contributed by atoms with Gasteiger partial charge in [-0.3, -0.25) is 9.58 Å². The van der Waals surface area contributed by atoms with Crippen molar-refractivity contribution in [3.63, 3.8) is 0 Å². The van der Waals surface area contributed by atoms with Gasteiger partial charge in [-0.15, -0.1) is 10.2 Å². The van der Waals surface area contributed by atoms with E-state index in [4.69, 9.17) is 38.3 Å². The summed E-state index contributed by atoms with van der Waals surface area (Å²) in [6.45, 7) is 9.68. The first-order valence-electron chi connectivity index (χ1n) is 18.9. The van der Waals surface area contributed by atoms with Gasteiger partial charge in [0.25, 0.3) is 5.88 Å². The van der Waals surface area contributed by atoms with Gasteiger partial charge in [0.15, 0.2) is 0 Å². The lowest BCUT2D eigenvalue weighted by molar-refractivity contribution is -0.0000652. The highest BCUT2D eigenvalue weighted by molar-refractivity contribution is 5.67. The van der Waals surface area contributed by atoms with Crippen LogP contribution in [0.2, 0.25) is 0 Å². The summed E-state index contributed by atoms with van der Waals surface area (Å²) in [7, 11) is 1.64. The molecule has 4 heterocycles. The minimum Gasteiger partial charge on any atom is -0.487 e. The van der Waals surface area contributed by atoms with Gasteiger partial charge in [-0.1, -0.05) is 6.07 Å². The summed E-state index contributed by atoms with van der Waals surface area (Å²) in [5, 5.41) is 29.1. The molecule has 0 radical (unpaired) electrons. The number of tetrazole rings is 1. The Balaban J connectivity index is 1.06. The fourth-order valence-corrected chi connectivity index (χ4v) is 6.60. The van der Waals surface area contributed by atoms with Crippen LogP contribution in [0.3, 0.4) is 0 Å². The van der Waals surface area contributed by atoms with E-state index in [0.29, 0.717) is 94.3 Å². The molecule has 18 nitrogen and oxygen atoms in total. The van der Waals surface area contributed by atoms with Gasteiger partial charge in [-0.2, -0.15) is 5.26 Å². The minimum absolute atomic E-state index is 0.258. The topological polar surface area (TPSA) is 191 Å². The molecule has 4 aromatic rings. The van der Waals surface area contributed by atoms with Gasteiger partial charge >= 0.3 is 0 Å². The third-order valence-electron chi connectivity index (χ3n) is 9.44. The van der Waals surface area contributed by atoms with Crippen molar-refractivity contribution < 1.29 is 33.2 Å². The van der Waals surface area contributed by atoms with Crippen LogP contribution in [-0.4, -0.2) is 143 Å². The van der Waals surface area contributed by atoms with Gasteiger partial charge in [0.1, 0.15) is 36.5 Å². The lowest BCUT2D eigenvalue weighted by Crippen LogP contribution is -2.45. The zero-order valence-electron chi connectivity index (χ0n) is 31.6. The highest BCUT2D eigenvalue weighted by Crippen LogP contribution is 2.35. The van der Waals surface area contributed by atoms with Crippen molar-refractivity contribution in [2.24, 2.45) is 0 Å². The Labute approximate surface area is 321 Å². The first-order valence-corrected chi connectivity index (χ1v) is 18.9. The molecule has 0 amide bonds. The average molecular weight is 762 g/mol. The van der Waals surface area contributed by atoms with Crippen molar-refractivity contribution in [1.29, 1.82) is 5.26 Å². The number of rotatable bonds is 22. The number of nitriles is 1. The maximum absolute atomic E-state index is 9.71. The smallest absolute Gasteiger partial charge is 0.257 e. The molecule has 2 aliphatic rings. The quantitative estimate of drug-likeness (QED) is 0.115. The van der Waals surface area contributed by atoms with Crippen LogP contribution in [0.25, 0.3) is 11.1 Å². The first-order chi connectivity index (χ1) is 27.1. The second-order valence-corrected chi connectivity index (χ2v) is 13.3.